The minimum atomic E-state index is -0.370. The number of carbonyl (C=O) groups is 1. The molecule has 1 heterocycles. The van der Waals surface area contributed by atoms with Crippen molar-refractivity contribution in [3.05, 3.63) is 69.2 Å². The Hall–Kier alpha value is -2.53. The zero-order chi connectivity index (χ0) is 18.7. The number of hydrogen-bond acceptors (Lipinski definition) is 4. The summed E-state index contributed by atoms with van der Waals surface area (Å²) in [6, 6.07) is 11.6. The minimum absolute atomic E-state index is 0.370. The molecule has 0 unspecified atom stereocenters. The largest absolute Gasteiger partial charge is 0.492 e. The first kappa shape index (κ1) is 18.3. The van der Waals surface area contributed by atoms with Crippen LogP contribution in [0.25, 0.3) is 11.8 Å². The van der Waals surface area contributed by atoms with E-state index in [9.17, 15) is 4.79 Å². The molecule has 0 saturated heterocycles. The molecule has 26 heavy (non-hydrogen) atoms. The molecule has 0 radical (unpaired) electrons. The average molecular weight is 415 g/mol. The Balaban J connectivity index is 1.96. The quantitative estimate of drug-likeness (QED) is 0.501. The van der Waals surface area contributed by atoms with E-state index >= 15 is 0 Å². The van der Waals surface area contributed by atoms with E-state index in [4.69, 9.17) is 14.2 Å². The van der Waals surface area contributed by atoms with Crippen LogP contribution in [-0.4, -0.2) is 19.7 Å². The van der Waals surface area contributed by atoms with Crippen LogP contribution in [-0.2, 0) is 9.53 Å². The van der Waals surface area contributed by atoms with E-state index in [1.54, 1.807) is 19.3 Å². The SMILES string of the molecule is CCOc1cc(C=C2C=C(c3ccc(C)cc3)OC2=O)cc(Br)c1OC. The molecule has 1 aliphatic heterocycles. The van der Waals surface area contributed by atoms with Crippen LogP contribution in [0.15, 0.2) is 52.5 Å². The summed E-state index contributed by atoms with van der Waals surface area (Å²) in [5.41, 5.74) is 3.33. The van der Waals surface area contributed by atoms with Gasteiger partial charge in [-0.25, -0.2) is 4.79 Å². The fourth-order valence-corrected chi connectivity index (χ4v) is 3.28. The predicted octanol–water partition coefficient (Wildman–Crippen LogP) is 5.15. The van der Waals surface area contributed by atoms with Gasteiger partial charge in [-0.3, -0.25) is 0 Å². The number of esters is 1. The molecule has 0 aromatic heterocycles. The topological polar surface area (TPSA) is 44.8 Å². The molecule has 4 nitrogen and oxygen atoms in total. The Morgan fingerprint density at radius 1 is 1.19 bits per heavy atom. The number of aryl methyl sites for hydroxylation is 1. The lowest BCUT2D eigenvalue weighted by Gasteiger charge is -2.12. The van der Waals surface area contributed by atoms with Crippen LogP contribution < -0.4 is 9.47 Å². The number of hydrogen-bond donors (Lipinski definition) is 0. The lowest BCUT2D eigenvalue weighted by Crippen LogP contribution is -1.98. The van der Waals surface area contributed by atoms with Crippen LogP contribution in [0.5, 0.6) is 11.5 Å². The lowest BCUT2D eigenvalue weighted by molar-refractivity contribution is -0.130. The van der Waals surface area contributed by atoms with Gasteiger partial charge in [-0.05, 0) is 59.6 Å². The molecule has 134 valence electrons. The monoisotopic (exact) mass is 414 g/mol. The molecule has 2 aromatic carbocycles. The van der Waals surface area contributed by atoms with Gasteiger partial charge in [-0.15, -0.1) is 0 Å². The number of benzene rings is 2. The second-order valence-electron chi connectivity index (χ2n) is 5.83. The van der Waals surface area contributed by atoms with E-state index < -0.39 is 0 Å². The molecule has 5 heteroatoms. The highest BCUT2D eigenvalue weighted by Crippen LogP contribution is 2.37. The van der Waals surface area contributed by atoms with Gasteiger partial charge >= 0.3 is 5.97 Å². The Bertz CT molecular complexity index is 895. The molecular weight excluding hydrogens is 396 g/mol. The van der Waals surface area contributed by atoms with Crippen molar-refractivity contribution in [2.24, 2.45) is 0 Å². The number of carbonyl (C=O) groups excluding carboxylic acids is 1. The van der Waals surface area contributed by atoms with Gasteiger partial charge in [-0.2, -0.15) is 0 Å². The van der Waals surface area contributed by atoms with E-state index in [-0.39, 0.29) is 5.97 Å². The average Bonchev–Trinajstić information content (AvgIpc) is 2.96. The van der Waals surface area contributed by atoms with Crippen molar-refractivity contribution in [3.63, 3.8) is 0 Å². The minimum Gasteiger partial charge on any atom is -0.492 e. The van der Waals surface area contributed by atoms with Gasteiger partial charge in [-0.1, -0.05) is 29.8 Å². The van der Waals surface area contributed by atoms with Crippen LogP contribution in [0.2, 0.25) is 0 Å². The standard InChI is InChI=1S/C21H19BrO4/c1-4-25-19-11-14(10-17(22)20(19)24-3)9-16-12-18(26-21(16)23)15-7-5-13(2)6-8-15/h5-12H,4H2,1-3H3. The van der Waals surface area contributed by atoms with Gasteiger partial charge in [0, 0.05) is 5.56 Å². The van der Waals surface area contributed by atoms with Crippen LogP contribution in [0.3, 0.4) is 0 Å². The van der Waals surface area contributed by atoms with Crippen LogP contribution in [0, 0.1) is 6.92 Å². The van der Waals surface area contributed by atoms with E-state index in [1.165, 1.54) is 0 Å². The first-order valence-corrected chi connectivity index (χ1v) is 9.04. The summed E-state index contributed by atoms with van der Waals surface area (Å²) < 4.78 is 17.2. The molecule has 0 saturated carbocycles. The van der Waals surface area contributed by atoms with Gasteiger partial charge in [0.15, 0.2) is 11.5 Å². The van der Waals surface area contributed by atoms with E-state index in [0.29, 0.717) is 29.4 Å². The third-order valence-corrected chi connectivity index (χ3v) is 4.51. The normalized spacial score (nSPS) is 15.0. The molecule has 3 rings (SSSR count). The van der Waals surface area contributed by atoms with Gasteiger partial charge in [0.2, 0.25) is 0 Å². The maximum atomic E-state index is 12.2. The molecule has 0 spiro atoms. The van der Waals surface area contributed by atoms with Gasteiger partial charge in [0.25, 0.3) is 0 Å². The van der Waals surface area contributed by atoms with E-state index in [0.717, 1.165) is 21.2 Å². The van der Waals surface area contributed by atoms with Gasteiger partial charge in [0.05, 0.1) is 23.8 Å². The third kappa shape index (κ3) is 3.83. The van der Waals surface area contributed by atoms with Crippen molar-refractivity contribution in [2.75, 3.05) is 13.7 Å². The second kappa shape index (κ2) is 7.79. The van der Waals surface area contributed by atoms with E-state index in [2.05, 4.69) is 15.9 Å². The molecule has 0 bridgehead atoms. The molecule has 1 aliphatic rings. The highest BCUT2D eigenvalue weighted by molar-refractivity contribution is 9.10. The molecular formula is C21H19BrO4. The fourth-order valence-electron chi connectivity index (χ4n) is 2.66. The first-order valence-electron chi connectivity index (χ1n) is 8.24. The molecule has 0 fully saturated rings. The first-order chi connectivity index (χ1) is 12.5. The van der Waals surface area contributed by atoms with Crippen molar-refractivity contribution in [2.45, 2.75) is 13.8 Å². The Morgan fingerprint density at radius 2 is 1.92 bits per heavy atom. The summed E-state index contributed by atoms with van der Waals surface area (Å²) in [6.07, 6.45) is 3.53. The van der Waals surface area contributed by atoms with Crippen molar-refractivity contribution < 1.29 is 19.0 Å². The van der Waals surface area contributed by atoms with Gasteiger partial charge in [0.1, 0.15) is 5.76 Å². The summed E-state index contributed by atoms with van der Waals surface area (Å²) >= 11 is 3.48. The smallest absolute Gasteiger partial charge is 0.343 e. The summed E-state index contributed by atoms with van der Waals surface area (Å²) in [6.45, 7) is 4.44. The molecule has 2 aromatic rings. The number of cyclic esters (lactones) is 1. The van der Waals surface area contributed by atoms with Crippen LogP contribution in [0.4, 0.5) is 0 Å². The highest BCUT2D eigenvalue weighted by Gasteiger charge is 2.22. The van der Waals surface area contributed by atoms with Gasteiger partial charge < -0.3 is 14.2 Å². The second-order valence-corrected chi connectivity index (χ2v) is 6.69. The summed E-state index contributed by atoms with van der Waals surface area (Å²) in [4.78, 5) is 12.2. The zero-order valence-corrected chi connectivity index (χ0v) is 16.4. The van der Waals surface area contributed by atoms with Crippen LogP contribution in [0.1, 0.15) is 23.6 Å². The molecule has 0 atom stereocenters. The summed E-state index contributed by atoms with van der Waals surface area (Å²) in [5, 5.41) is 0. The number of methoxy groups -OCH3 is 1. The summed E-state index contributed by atoms with van der Waals surface area (Å²) in [7, 11) is 1.59. The van der Waals surface area contributed by atoms with Crippen molar-refractivity contribution in [1.29, 1.82) is 0 Å². The lowest BCUT2D eigenvalue weighted by atomic mass is 10.1. The number of rotatable bonds is 5. The Kier molecular flexibility index (Phi) is 5.47. The van der Waals surface area contributed by atoms with Crippen molar-refractivity contribution in [1.82, 2.24) is 0 Å². The van der Waals surface area contributed by atoms with Crippen molar-refractivity contribution in [3.8, 4) is 11.5 Å². The number of ether oxygens (including phenoxy) is 3. The fraction of sp³-hybridized carbons (Fsp3) is 0.190. The molecule has 0 N–H and O–H groups in total. The van der Waals surface area contributed by atoms with Crippen molar-refractivity contribution >= 4 is 33.7 Å². The van der Waals surface area contributed by atoms with E-state index in [1.807, 2.05) is 50.2 Å². The summed E-state index contributed by atoms with van der Waals surface area (Å²) in [5.74, 6) is 1.42. The number of halogens is 1. The van der Waals surface area contributed by atoms with Crippen LogP contribution >= 0.6 is 15.9 Å². The highest BCUT2D eigenvalue weighted by atomic mass is 79.9. The Labute approximate surface area is 161 Å². The maximum absolute atomic E-state index is 12.2. The maximum Gasteiger partial charge on any atom is 0.343 e. The third-order valence-electron chi connectivity index (χ3n) is 3.92. The zero-order valence-electron chi connectivity index (χ0n) is 14.8. The Morgan fingerprint density at radius 3 is 2.58 bits per heavy atom. The molecule has 0 amide bonds. The molecule has 0 aliphatic carbocycles. The predicted molar refractivity (Wildman–Crippen MR) is 105 cm³/mol.